The predicted molar refractivity (Wildman–Crippen MR) is 92.0 cm³/mol. The fourth-order valence-electron chi connectivity index (χ4n) is 2.65. The topological polar surface area (TPSA) is 24.5 Å². The molecule has 1 heterocycles. The summed E-state index contributed by atoms with van der Waals surface area (Å²) in [5.41, 5.74) is 1.25. The predicted octanol–water partition coefficient (Wildman–Crippen LogP) is 3.86. The van der Waals surface area contributed by atoms with E-state index in [0.29, 0.717) is 0 Å². The van der Waals surface area contributed by atoms with Gasteiger partial charge < -0.3 is 10.1 Å². The van der Waals surface area contributed by atoms with Crippen LogP contribution in [0.25, 0.3) is 0 Å². The van der Waals surface area contributed by atoms with E-state index < -0.39 is 0 Å². The highest BCUT2D eigenvalue weighted by atomic mass is 79.9. The molecule has 1 atom stereocenters. The van der Waals surface area contributed by atoms with E-state index in [1.165, 1.54) is 0 Å². The van der Waals surface area contributed by atoms with Gasteiger partial charge in [0, 0.05) is 40.7 Å². The summed E-state index contributed by atoms with van der Waals surface area (Å²) in [6.07, 6.45) is 0. The Hall–Kier alpha value is -0.130. The maximum Gasteiger partial charge on any atom is 0.0594 e. The van der Waals surface area contributed by atoms with E-state index in [0.717, 1.165) is 47.9 Å². The molecule has 21 heavy (non-hydrogen) atoms. The van der Waals surface area contributed by atoms with Crippen LogP contribution in [-0.4, -0.2) is 43.3 Å². The van der Waals surface area contributed by atoms with Crippen molar-refractivity contribution in [2.45, 2.75) is 32.4 Å². The third-order valence-corrected chi connectivity index (χ3v) is 4.96. The van der Waals surface area contributed by atoms with Crippen LogP contribution in [0.2, 0.25) is 5.02 Å². The molecule has 1 aliphatic rings. The Morgan fingerprint density at radius 2 is 2.05 bits per heavy atom. The Bertz CT molecular complexity index is 475. The maximum atomic E-state index is 6.33. The van der Waals surface area contributed by atoms with Crippen LogP contribution in [0.4, 0.5) is 0 Å². The zero-order valence-corrected chi connectivity index (χ0v) is 15.3. The van der Waals surface area contributed by atoms with E-state index in [2.05, 4.69) is 53.0 Å². The highest BCUT2D eigenvalue weighted by Crippen LogP contribution is 2.27. The minimum atomic E-state index is 0.111. The molecule has 1 aliphatic heterocycles. The molecule has 2 rings (SSSR count). The van der Waals surface area contributed by atoms with E-state index in [9.17, 15) is 0 Å². The number of hydrogen-bond acceptors (Lipinski definition) is 3. The van der Waals surface area contributed by atoms with Crippen molar-refractivity contribution in [2.24, 2.45) is 0 Å². The van der Waals surface area contributed by atoms with Crippen molar-refractivity contribution in [1.82, 2.24) is 10.2 Å². The lowest BCUT2D eigenvalue weighted by molar-refractivity contribution is -0.0102. The van der Waals surface area contributed by atoms with Gasteiger partial charge in [0.25, 0.3) is 0 Å². The quantitative estimate of drug-likeness (QED) is 0.845. The molecule has 0 bridgehead atoms. The SMILES string of the molecule is CC(NCC(C)(C)N1CCOCC1)c1ccc(Br)cc1Cl. The molecule has 1 N–H and O–H groups in total. The largest absolute Gasteiger partial charge is 0.379 e. The molecule has 1 aromatic rings. The molecular weight excluding hydrogens is 352 g/mol. The van der Waals surface area contributed by atoms with Crippen LogP contribution in [0, 0.1) is 0 Å². The number of halogens is 2. The summed E-state index contributed by atoms with van der Waals surface area (Å²) in [5, 5.41) is 4.41. The second-order valence-corrected chi connectivity index (χ2v) is 7.50. The van der Waals surface area contributed by atoms with Gasteiger partial charge in [-0.05, 0) is 38.5 Å². The molecule has 1 unspecified atom stereocenters. The van der Waals surface area contributed by atoms with Crippen molar-refractivity contribution in [1.29, 1.82) is 0 Å². The van der Waals surface area contributed by atoms with Crippen LogP contribution in [0.3, 0.4) is 0 Å². The number of benzene rings is 1. The molecule has 0 aromatic heterocycles. The summed E-state index contributed by atoms with van der Waals surface area (Å²) < 4.78 is 6.44. The Morgan fingerprint density at radius 3 is 2.67 bits per heavy atom. The molecule has 3 nitrogen and oxygen atoms in total. The highest BCUT2D eigenvalue weighted by molar-refractivity contribution is 9.10. The first-order valence-corrected chi connectivity index (χ1v) is 8.58. The molecule has 118 valence electrons. The summed E-state index contributed by atoms with van der Waals surface area (Å²) >= 11 is 9.77. The number of ether oxygens (including phenoxy) is 1. The van der Waals surface area contributed by atoms with Gasteiger partial charge in [-0.3, -0.25) is 4.90 Å². The lowest BCUT2D eigenvalue weighted by Crippen LogP contribution is -2.54. The van der Waals surface area contributed by atoms with Gasteiger partial charge in [-0.15, -0.1) is 0 Å². The van der Waals surface area contributed by atoms with Crippen molar-refractivity contribution in [3.05, 3.63) is 33.3 Å². The molecule has 5 heteroatoms. The Labute approximate surface area is 141 Å². The zero-order chi connectivity index (χ0) is 15.5. The standard InChI is InChI=1S/C16H24BrClN2O/c1-12(14-5-4-13(17)10-15(14)18)19-11-16(2,3)20-6-8-21-9-7-20/h4-5,10,12,19H,6-9,11H2,1-3H3. The molecule has 0 saturated carbocycles. The van der Waals surface area contributed by atoms with Gasteiger partial charge >= 0.3 is 0 Å². The van der Waals surface area contributed by atoms with Crippen LogP contribution < -0.4 is 5.32 Å². The molecule has 1 fully saturated rings. The number of hydrogen-bond donors (Lipinski definition) is 1. The van der Waals surface area contributed by atoms with E-state index in [1.54, 1.807) is 0 Å². The summed E-state index contributed by atoms with van der Waals surface area (Å²) in [6, 6.07) is 6.28. The lowest BCUT2D eigenvalue weighted by atomic mass is 10.0. The first kappa shape index (κ1) is 17.2. The second-order valence-electron chi connectivity index (χ2n) is 6.18. The lowest BCUT2D eigenvalue weighted by Gasteiger charge is -2.41. The molecular formula is C16H24BrClN2O. The summed E-state index contributed by atoms with van der Waals surface area (Å²) in [6.45, 7) is 11.3. The van der Waals surface area contributed by atoms with E-state index in [4.69, 9.17) is 16.3 Å². The zero-order valence-electron chi connectivity index (χ0n) is 13.0. The molecule has 0 amide bonds. The van der Waals surface area contributed by atoms with Crippen molar-refractivity contribution >= 4 is 27.5 Å². The fourth-order valence-corrected chi connectivity index (χ4v) is 3.48. The number of nitrogens with zero attached hydrogens (tertiary/aromatic N) is 1. The Kier molecular flexibility index (Phi) is 6.09. The third-order valence-electron chi connectivity index (χ3n) is 4.14. The van der Waals surface area contributed by atoms with Gasteiger partial charge in [-0.1, -0.05) is 33.6 Å². The molecule has 1 saturated heterocycles. The van der Waals surface area contributed by atoms with Crippen LogP contribution in [0.5, 0.6) is 0 Å². The van der Waals surface area contributed by atoms with Crippen molar-refractivity contribution in [3.8, 4) is 0 Å². The third kappa shape index (κ3) is 4.67. The number of morpholine rings is 1. The van der Waals surface area contributed by atoms with Crippen LogP contribution >= 0.6 is 27.5 Å². The van der Waals surface area contributed by atoms with Gasteiger partial charge in [-0.2, -0.15) is 0 Å². The molecule has 0 spiro atoms. The molecule has 1 aromatic carbocycles. The second kappa shape index (κ2) is 7.42. The molecule has 0 aliphatic carbocycles. The van der Waals surface area contributed by atoms with Gasteiger partial charge in [0.2, 0.25) is 0 Å². The monoisotopic (exact) mass is 374 g/mol. The van der Waals surface area contributed by atoms with Crippen LogP contribution in [0.1, 0.15) is 32.4 Å². The Balaban J connectivity index is 1.94. The van der Waals surface area contributed by atoms with E-state index in [1.807, 2.05) is 12.1 Å². The number of nitrogens with one attached hydrogen (secondary N) is 1. The van der Waals surface area contributed by atoms with E-state index >= 15 is 0 Å². The van der Waals surface area contributed by atoms with Crippen molar-refractivity contribution < 1.29 is 4.74 Å². The number of rotatable bonds is 5. The average molecular weight is 376 g/mol. The maximum absolute atomic E-state index is 6.33. The highest BCUT2D eigenvalue weighted by Gasteiger charge is 2.28. The summed E-state index contributed by atoms with van der Waals surface area (Å²) in [5.74, 6) is 0. The van der Waals surface area contributed by atoms with Gasteiger partial charge in [0.15, 0.2) is 0 Å². The first-order valence-electron chi connectivity index (χ1n) is 7.41. The minimum absolute atomic E-state index is 0.111. The summed E-state index contributed by atoms with van der Waals surface area (Å²) in [4.78, 5) is 2.49. The normalized spacial score (nSPS) is 18.7. The Morgan fingerprint density at radius 1 is 1.38 bits per heavy atom. The van der Waals surface area contributed by atoms with Crippen LogP contribution in [-0.2, 0) is 4.74 Å². The molecule has 0 radical (unpaired) electrons. The first-order chi connectivity index (χ1) is 9.90. The van der Waals surface area contributed by atoms with Gasteiger partial charge in [0.05, 0.1) is 13.2 Å². The van der Waals surface area contributed by atoms with E-state index in [-0.39, 0.29) is 11.6 Å². The van der Waals surface area contributed by atoms with Crippen molar-refractivity contribution in [3.63, 3.8) is 0 Å². The smallest absolute Gasteiger partial charge is 0.0594 e. The summed E-state index contributed by atoms with van der Waals surface area (Å²) in [7, 11) is 0. The van der Waals surface area contributed by atoms with Crippen molar-refractivity contribution in [2.75, 3.05) is 32.8 Å². The van der Waals surface area contributed by atoms with Gasteiger partial charge in [0.1, 0.15) is 0 Å². The fraction of sp³-hybridized carbons (Fsp3) is 0.625. The van der Waals surface area contributed by atoms with Gasteiger partial charge in [-0.25, -0.2) is 0 Å². The average Bonchev–Trinajstić information content (AvgIpc) is 2.46. The van der Waals surface area contributed by atoms with Crippen LogP contribution in [0.15, 0.2) is 22.7 Å². The minimum Gasteiger partial charge on any atom is -0.379 e.